The Kier molecular flexibility index (Phi) is 4.93. The molecule has 0 saturated heterocycles. The monoisotopic (exact) mass is 211 g/mol. The highest BCUT2D eigenvalue weighted by atomic mass is 16.7. The van der Waals surface area contributed by atoms with E-state index in [1.165, 1.54) is 0 Å². The van der Waals surface area contributed by atoms with Crippen LogP contribution in [-0.4, -0.2) is 28.1 Å². The maximum absolute atomic E-state index is 5.39. The van der Waals surface area contributed by atoms with E-state index in [1.54, 1.807) is 14.2 Å². The van der Waals surface area contributed by atoms with Crippen LogP contribution in [0.4, 0.5) is 0 Å². The van der Waals surface area contributed by atoms with E-state index in [4.69, 9.17) is 14.2 Å². The van der Waals surface area contributed by atoms with Gasteiger partial charge < -0.3 is 19.5 Å². The smallest absolute Gasteiger partial charge is 0.188 e. The first-order valence-electron chi connectivity index (χ1n) is 4.75. The number of nitrogens with one attached hydrogen (secondary N) is 1. The van der Waals surface area contributed by atoms with Gasteiger partial charge >= 0.3 is 0 Å². The zero-order chi connectivity index (χ0) is 11.1. The maximum atomic E-state index is 5.39. The van der Waals surface area contributed by atoms with Crippen molar-refractivity contribution in [1.29, 1.82) is 0 Å². The molecule has 0 aliphatic heterocycles. The van der Waals surface area contributed by atoms with Gasteiger partial charge in [-0.25, -0.2) is 0 Å². The van der Waals surface area contributed by atoms with Crippen LogP contribution in [-0.2, 0) is 11.3 Å². The molecule has 1 rings (SSSR count). The first-order chi connectivity index (χ1) is 7.31. The Morgan fingerprint density at radius 2 is 2.00 bits per heavy atom. The second-order valence-corrected chi connectivity index (χ2v) is 3.07. The quantitative estimate of drug-likeness (QED) is 0.722. The highest BCUT2D eigenvalue weighted by molar-refractivity contribution is 5.42. The fraction of sp³-hybridized carbons (Fsp3) is 0.455. The zero-order valence-corrected chi connectivity index (χ0v) is 9.37. The van der Waals surface area contributed by atoms with Crippen LogP contribution in [0.2, 0.25) is 0 Å². The number of hydrogen-bond acceptors (Lipinski definition) is 4. The van der Waals surface area contributed by atoms with Crippen LogP contribution >= 0.6 is 0 Å². The van der Waals surface area contributed by atoms with E-state index in [-0.39, 0.29) is 6.79 Å². The minimum absolute atomic E-state index is 0.222. The molecule has 0 spiro atoms. The van der Waals surface area contributed by atoms with Crippen LogP contribution in [0.5, 0.6) is 11.5 Å². The highest BCUT2D eigenvalue weighted by Gasteiger charge is 2.04. The second kappa shape index (κ2) is 6.27. The fourth-order valence-electron chi connectivity index (χ4n) is 1.27. The highest BCUT2D eigenvalue weighted by Crippen LogP contribution is 2.27. The van der Waals surface area contributed by atoms with Gasteiger partial charge in [0, 0.05) is 13.7 Å². The summed E-state index contributed by atoms with van der Waals surface area (Å²) in [5.74, 6) is 1.42. The largest absolute Gasteiger partial charge is 0.493 e. The van der Waals surface area contributed by atoms with Gasteiger partial charge in [-0.15, -0.1) is 0 Å². The average molecular weight is 211 g/mol. The van der Waals surface area contributed by atoms with Crippen LogP contribution in [0.25, 0.3) is 0 Å². The van der Waals surface area contributed by atoms with Crippen LogP contribution in [0.3, 0.4) is 0 Å². The molecule has 4 heteroatoms. The molecule has 84 valence electrons. The first-order valence-corrected chi connectivity index (χ1v) is 4.75. The number of benzene rings is 1. The van der Waals surface area contributed by atoms with Crippen molar-refractivity contribution in [2.75, 3.05) is 28.1 Å². The lowest BCUT2D eigenvalue weighted by molar-refractivity contribution is 0.0491. The number of ether oxygens (including phenoxy) is 3. The normalized spacial score (nSPS) is 10.1. The van der Waals surface area contributed by atoms with Crippen LogP contribution in [0, 0.1) is 0 Å². The lowest BCUT2D eigenvalue weighted by Gasteiger charge is -2.11. The van der Waals surface area contributed by atoms with E-state index in [2.05, 4.69) is 5.32 Å². The summed E-state index contributed by atoms with van der Waals surface area (Å²) in [5, 5.41) is 3.08. The predicted octanol–water partition coefficient (Wildman–Crippen LogP) is 1.40. The van der Waals surface area contributed by atoms with Crippen molar-refractivity contribution < 1.29 is 14.2 Å². The molecule has 0 unspecified atom stereocenters. The molecule has 1 aromatic rings. The fourth-order valence-corrected chi connectivity index (χ4v) is 1.27. The van der Waals surface area contributed by atoms with Crippen molar-refractivity contribution in [1.82, 2.24) is 5.32 Å². The third-order valence-electron chi connectivity index (χ3n) is 1.94. The number of methoxy groups -OCH3 is 2. The summed E-state index contributed by atoms with van der Waals surface area (Å²) in [6.07, 6.45) is 0. The summed E-state index contributed by atoms with van der Waals surface area (Å²) in [6.45, 7) is 1.02. The zero-order valence-electron chi connectivity index (χ0n) is 9.37. The molecule has 0 aromatic heterocycles. The molecule has 0 atom stereocenters. The summed E-state index contributed by atoms with van der Waals surface area (Å²) in [7, 11) is 5.11. The number of hydrogen-bond donors (Lipinski definition) is 1. The molecular weight excluding hydrogens is 194 g/mol. The third kappa shape index (κ3) is 3.42. The Balaban J connectivity index is 2.81. The molecular formula is C11H17NO3. The van der Waals surface area contributed by atoms with Crippen LogP contribution in [0.15, 0.2) is 18.2 Å². The molecule has 4 nitrogen and oxygen atoms in total. The molecule has 0 amide bonds. The molecule has 0 aliphatic rings. The molecule has 0 heterocycles. The number of rotatable bonds is 6. The molecule has 0 aliphatic carbocycles. The van der Waals surface area contributed by atoms with Crippen LogP contribution < -0.4 is 14.8 Å². The summed E-state index contributed by atoms with van der Waals surface area (Å²) in [6, 6.07) is 5.82. The topological polar surface area (TPSA) is 39.7 Å². The summed E-state index contributed by atoms with van der Waals surface area (Å²) < 4.78 is 15.4. The molecule has 0 bridgehead atoms. The molecule has 15 heavy (non-hydrogen) atoms. The Morgan fingerprint density at radius 1 is 1.20 bits per heavy atom. The van der Waals surface area contributed by atoms with E-state index in [0.29, 0.717) is 11.5 Å². The summed E-state index contributed by atoms with van der Waals surface area (Å²) in [5.41, 5.74) is 1.14. The van der Waals surface area contributed by atoms with Gasteiger partial charge in [0.25, 0.3) is 0 Å². The van der Waals surface area contributed by atoms with Gasteiger partial charge in [-0.05, 0) is 24.7 Å². The molecule has 1 N–H and O–H groups in total. The standard InChI is InChI=1S/C11H17NO3/c1-12-7-9-4-5-10(14-3)11(6-9)15-8-13-2/h4-6,12H,7-8H2,1-3H3. The second-order valence-electron chi connectivity index (χ2n) is 3.07. The van der Waals surface area contributed by atoms with Gasteiger partial charge in [0.1, 0.15) is 0 Å². The van der Waals surface area contributed by atoms with Gasteiger partial charge in [0.15, 0.2) is 18.3 Å². The Labute approximate surface area is 90.1 Å². The van der Waals surface area contributed by atoms with Gasteiger partial charge in [0.2, 0.25) is 0 Å². The minimum Gasteiger partial charge on any atom is -0.493 e. The lowest BCUT2D eigenvalue weighted by Crippen LogP contribution is -2.06. The summed E-state index contributed by atoms with van der Waals surface area (Å²) in [4.78, 5) is 0. The molecule has 0 radical (unpaired) electrons. The third-order valence-corrected chi connectivity index (χ3v) is 1.94. The Morgan fingerprint density at radius 3 is 2.60 bits per heavy atom. The van der Waals surface area contributed by atoms with Crippen molar-refractivity contribution in [3.05, 3.63) is 23.8 Å². The summed E-state index contributed by atoms with van der Waals surface area (Å²) >= 11 is 0. The van der Waals surface area contributed by atoms with Crippen molar-refractivity contribution in [3.63, 3.8) is 0 Å². The van der Waals surface area contributed by atoms with Crippen molar-refractivity contribution in [2.24, 2.45) is 0 Å². The van der Waals surface area contributed by atoms with E-state index >= 15 is 0 Å². The predicted molar refractivity (Wildman–Crippen MR) is 58.3 cm³/mol. The van der Waals surface area contributed by atoms with E-state index in [1.807, 2.05) is 25.2 Å². The Hall–Kier alpha value is -1.26. The van der Waals surface area contributed by atoms with Gasteiger partial charge in [-0.2, -0.15) is 0 Å². The SMILES string of the molecule is CNCc1ccc(OC)c(OCOC)c1. The van der Waals surface area contributed by atoms with Crippen LogP contribution in [0.1, 0.15) is 5.56 Å². The lowest BCUT2D eigenvalue weighted by atomic mass is 10.2. The van der Waals surface area contributed by atoms with Gasteiger partial charge in [-0.1, -0.05) is 6.07 Å². The maximum Gasteiger partial charge on any atom is 0.188 e. The van der Waals surface area contributed by atoms with Crippen molar-refractivity contribution >= 4 is 0 Å². The van der Waals surface area contributed by atoms with Gasteiger partial charge in [0.05, 0.1) is 7.11 Å². The average Bonchev–Trinajstić information content (AvgIpc) is 2.27. The Bertz CT molecular complexity index is 302. The minimum atomic E-state index is 0.222. The van der Waals surface area contributed by atoms with E-state index < -0.39 is 0 Å². The van der Waals surface area contributed by atoms with E-state index in [0.717, 1.165) is 12.1 Å². The first kappa shape index (κ1) is 11.8. The van der Waals surface area contributed by atoms with Crippen molar-refractivity contribution in [3.8, 4) is 11.5 Å². The molecule has 0 fully saturated rings. The van der Waals surface area contributed by atoms with Crippen molar-refractivity contribution in [2.45, 2.75) is 6.54 Å². The molecule has 1 aromatic carbocycles. The van der Waals surface area contributed by atoms with Gasteiger partial charge in [-0.3, -0.25) is 0 Å². The molecule has 0 saturated carbocycles. The van der Waals surface area contributed by atoms with E-state index in [9.17, 15) is 0 Å².